The Balaban J connectivity index is 1.40. The normalized spacial score (nSPS) is 16.3. The lowest BCUT2D eigenvalue weighted by atomic mass is 9.96. The highest BCUT2D eigenvalue weighted by atomic mass is 32.2. The number of thiocarbonyl (C=S) groups is 1. The summed E-state index contributed by atoms with van der Waals surface area (Å²) in [6.07, 6.45) is 1.83. The summed E-state index contributed by atoms with van der Waals surface area (Å²) in [6.45, 7) is 10.9. The molecule has 3 aromatic carbocycles. The lowest BCUT2D eigenvalue weighted by Crippen LogP contribution is -2.29. The number of hydrogen-bond donors (Lipinski definition) is 1. The van der Waals surface area contributed by atoms with Crippen molar-refractivity contribution < 1.29 is 4.92 Å². The van der Waals surface area contributed by atoms with Gasteiger partial charge in [0.1, 0.15) is 0 Å². The van der Waals surface area contributed by atoms with Gasteiger partial charge in [-0.2, -0.15) is 0 Å². The zero-order chi connectivity index (χ0) is 31.1. The fourth-order valence-corrected chi connectivity index (χ4v) is 7.51. The second-order valence-corrected chi connectivity index (χ2v) is 12.8. The van der Waals surface area contributed by atoms with Gasteiger partial charge in [0.15, 0.2) is 5.11 Å². The van der Waals surface area contributed by atoms with E-state index in [0.717, 1.165) is 21.2 Å². The Morgan fingerprint density at radius 1 is 0.886 bits per heavy atom. The minimum atomic E-state index is -0.384. The van der Waals surface area contributed by atoms with Crippen LogP contribution in [-0.4, -0.2) is 19.6 Å². The fourth-order valence-electron chi connectivity index (χ4n) is 6.35. The number of anilines is 1. The van der Waals surface area contributed by atoms with Crippen LogP contribution in [0.25, 0.3) is 5.69 Å². The number of aromatic nitrogens is 2. The van der Waals surface area contributed by atoms with E-state index < -0.39 is 0 Å². The van der Waals surface area contributed by atoms with Crippen LogP contribution in [0.5, 0.6) is 0 Å². The minimum Gasteiger partial charge on any atom is -0.351 e. The van der Waals surface area contributed by atoms with Gasteiger partial charge in [-0.3, -0.25) is 15.1 Å². The SMILES string of the molecule is Cc1cc(C)c(-n2c(C)cc([C@@H]3[C@@H](c4ccccn4)NC(=S)N3c3ccc(Sc4ccc([N+](=O)[O-])cc4)cc3)c2C)c(C)c1. The molecule has 0 radical (unpaired) electrons. The number of nitrogens with one attached hydrogen (secondary N) is 1. The first-order chi connectivity index (χ1) is 21.1. The molecule has 1 N–H and O–H groups in total. The molecule has 5 aromatic rings. The molecule has 2 aromatic heterocycles. The van der Waals surface area contributed by atoms with Crippen LogP contribution >= 0.6 is 24.0 Å². The maximum absolute atomic E-state index is 11.0. The molecular weight excluding hydrogens is 587 g/mol. The average Bonchev–Trinajstić information content (AvgIpc) is 3.49. The van der Waals surface area contributed by atoms with Crippen LogP contribution < -0.4 is 10.2 Å². The van der Waals surface area contributed by atoms with Gasteiger partial charge < -0.3 is 14.8 Å². The molecule has 1 aliphatic rings. The van der Waals surface area contributed by atoms with Gasteiger partial charge in [0, 0.05) is 45.2 Å². The van der Waals surface area contributed by atoms with Crippen molar-refractivity contribution in [2.45, 2.75) is 56.5 Å². The van der Waals surface area contributed by atoms with Crippen LogP contribution in [0.3, 0.4) is 0 Å². The van der Waals surface area contributed by atoms with Crippen LogP contribution in [0, 0.1) is 44.7 Å². The van der Waals surface area contributed by atoms with Gasteiger partial charge in [0.25, 0.3) is 5.69 Å². The molecule has 2 atom stereocenters. The maximum atomic E-state index is 11.0. The fraction of sp³-hybridized carbons (Fsp3) is 0.200. The van der Waals surface area contributed by atoms with E-state index in [1.807, 2.05) is 24.4 Å². The molecule has 0 bridgehead atoms. The van der Waals surface area contributed by atoms with Gasteiger partial charge >= 0.3 is 0 Å². The molecule has 0 saturated carbocycles. The zero-order valence-electron chi connectivity index (χ0n) is 25.2. The Labute approximate surface area is 267 Å². The molecule has 6 rings (SSSR count). The highest BCUT2D eigenvalue weighted by molar-refractivity contribution is 7.99. The second-order valence-electron chi connectivity index (χ2n) is 11.3. The van der Waals surface area contributed by atoms with Crippen LogP contribution in [0.2, 0.25) is 0 Å². The van der Waals surface area contributed by atoms with Crippen molar-refractivity contribution in [3.05, 3.63) is 141 Å². The molecular formula is C35H33N5O2S2. The van der Waals surface area contributed by atoms with E-state index in [2.05, 4.69) is 91.9 Å². The van der Waals surface area contributed by atoms with Crippen molar-refractivity contribution >= 4 is 40.5 Å². The topological polar surface area (TPSA) is 76.2 Å². The van der Waals surface area contributed by atoms with Gasteiger partial charge in [0.05, 0.1) is 28.4 Å². The molecule has 0 spiro atoms. The van der Waals surface area contributed by atoms with E-state index in [-0.39, 0.29) is 22.7 Å². The summed E-state index contributed by atoms with van der Waals surface area (Å²) in [5.41, 5.74) is 10.5. The van der Waals surface area contributed by atoms with Crippen molar-refractivity contribution in [2.75, 3.05) is 4.90 Å². The molecule has 7 nitrogen and oxygen atoms in total. The Bertz CT molecular complexity index is 1850. The number of hydrogen-bond acceptors (Lipinski definition) is 5. The van der Waals surface area contributed by atoms with Crippen molar-refractivity contribution in [1.29, 1.82) is 0 Å². The van der Waals surface area contributed by atoms with Crippen LogP contribution in [0.1, 0.15) is 51.4 Å². The van der Waals surface area contributed by atoms with Gasteiger partial charge in [0.2, 0.25) is 0 Å². The quantitative estimate of drug-likeness (QED) is 0.111. The number of rotatable bonds is 7. The molecule has 3 heterocycles. The lowest BCUT2D eigenvalue weighted by molar-refractivity contribution is -0.384. The van der Waals surface area contributed by atoms with Gasteiger partial charge in [-0.1, -0.05) is 35.5 Å². The number of non-ortho nitro benzene ring substituents is 1. The second kappa shape index (κ2) is 11.9. The number of nitro groups is 1. The predicted molar refractivity (Wildman–Crippen MR) is 181 cm³/mol. The molecule has 0 amide bonds. The number of nitro benzene ring substituents is 1. The van der Waals surface area contributed by atoms with E-state index >= 15 is 0 Å². The predicted octanol–water partition coefficient (Wildman–Crippen LogP) is 8.65. The number of aryl methyl sites for hydroxylation is 4. The summed E-state index contributed by atoms with van der Waals surface area (Å²) in [6, 6.07) is 27.4. The van der Waals surface area contributed by atoms with Gasteiger partial charge in [-0.05, 0) is 118 Å². The van der Waals surface area contributed by atoms with Crippen molar-refractivity contribution in [2.24, 2.45) is 0 Å². The van der Waals surface area contributed by atoms with E-state index in [9.17, 15) is 10.1 Å². The highest BCUT2D eigenvalue weighted by Crippen LogP contribution is 2.44. The molecule has 1 fully saturated rings. The maximum Gasteiger partial charge on any atom is 0.269 e. The third-order valence-corrected chi connectivity index (χ3v) is 9.47. The Morgan fingerprint density at radius 2 is 1.52 bits per heavy atom. The molecule has 0 aliphatic carbocycles. The number of nitrogens with zero attached hydrogens (tertiary/aromatic N) is 4. The monoisotopic (exact) mass is 619 g/mol. The Morgan fingerprint density at radius 3 is 2.11 bits per heavy atom. The smallest absolute Gasteiger partial charge is 0.269 e. The summed E-state index contributed by atoms with van der Waals surface area (Å²) < 4.78 is 2.37. The number of benzene rings is 3. The first-order valence-electron chi connectivity index (χ1n) is 14.4. The summed E-state index contributed by atoms with van der Waals surface area (Å²) >= 11 is 7.56. The standard InChI is InChI=1S/C35H33N5O2S2/c1-21-18-22(2)33(23(3)19-21)38-24(4)20-30(25(38)5)34-32(31-8-6-7-17-36-31)37-35(43)39(34)26-9-13-28(14-10-26)44-29-15-11-27(12-16-29)40(41)42/h6-20,32,34H,1-5H3,(H,37,43)/t32-,34-/m1/s1. The number of pyridine rings is 1. The molecule has 222 valence electrons. The van der Waals surface area contributed by atoms with E-state index in [1.54, 1.807) is 23.9 Å². The van der Waals surface area contributed by atoms with Crippen LogP contribution in [-0.2, 0) is 0 Å². The zero-order valence-corrected chi connectivity index (χ0v) is 26.9. The molecule has 1 saturated heterocycles. The summed E-state index contributed by atoms with van der Waals surface area (Å²) in [5.74, 6) is 0. The van der Waals surface area contributed by atoms with Gasteiger partial charge in [-0.25, -0.2) is 0 Å². The molecule has 44 heavy (non-hydrogen) atoms. The molecule has 9 heteroatoms. The molecule has 1 aliphatic heterocycles. The van der Waals surface area contributed by atoms with Crippen LogP contribution in [0.15, 0.2) is 101 Å². The summed E-state index contributed by atoms with van der Waals surface area (Å²) in [4.78, 5) is 19.5. The Hall–Kier alpha value is -4.47. The van der Waals surface area contributed by atoms with Crippen molar-refractivity contribution in [3.63, 3.8) is 0 Å². The third kappa shape index (κ3) is 5.49. The highest BCUT2D eigenvalue weighted by Gasteiger charge is 2.42. The first-order valence-corrected chi connectivity index (χ1v) is 15.6. The summed E-state index contributed by atoms with van der Waals surface area (Å²) in [5, 5.41) is 15.3. The first kappa shape index (κ1) is 29.6. The van der Waals surface area contributed by atoms with E-state index in [0.29, 0.717) is 5.11 Å². The van der Waals surface area contributed by atoms with Crippen LogP contribution in [0.4, 0.5) is 11.4 Å². The minimum absolute atomic E-state index is 0.0836. The van der Waals surface area contributed by atoms with Crippen molar-refractivity contribution in [1.82, 2.24) is 14.9 Å². The van der Waals surface area contributed by atoms with E-state index in [1.165, 1.54) is 51.5 Å². The lowest BCUT2D eigenvalue weighted by Gasteiger charge is -2.28. The van der Waals surface area contributed by atoms with Gasteiger partial charge in [-0.15, -0.1) is 0 Å². The average molecular weight is 620 g/mol. The third-order valence-electron chi connectivity index (χ3n) is 8.14. The Kier molecular flexibility index (Phi) is 8.00. The van der Waals surface area contributed by atoms with E-state index in [4.69, 9.17) is 17.2 Å². The van der Waals surface area contributed by atoms with Crippen molar-refractivity contribution in [3.8, 4) is 5.69 Å². The molecule has 0 unspecified atom stereocenters. The largest absolute Gasteiger partial charge is 0.351 e. The summed E-state index contributed by atoms with van der Waals surface area (Å²) in [7, 11) is 0.